The van der Waals surface area contributed by atoms with Gasteiger partial charge in [0.1, 0.15) is 12.4 Å². The average molecular weight is 455 g/mol. The van der Waals surface area contributed by atoms with Crippen LogP contribution in [0.25, 0.3) is 11.4 Å². The maximum Gasteiger partial charge on any atom is 0.159 e. The molecule has 0 spiro atoms. The fraction of sp³-hybridized carbons (Fsp3) is 0.571. The van der Waals surface area contributed by atoms with Gasteiger partial charge >= 0.3 is 0 Å². The first kappa shape index (κ1) is 26.8. The van der Waals surface area contributed by atoms with Crippen molar-refractivity contribution in [2.75, 3.05) is 26.4 Å². The van der Waals surface area contributed by atoms with Crippen LogP contribution in [0, 0.1) is 0 Å². The van der Waals surface area contributed by atoms with Gasteiger partial charge in [-0.2, -0.15) is 0 Å². The average Bonchev–Trinajstić information content (AvgIpc) is 2.85. The fourth-order valence-corrected chi connectivity index (χ4v) is 3.31. The van der Waals surface area contributed by atoms with Crippen LogP contribution in [0.1, 0.15) is 78.1 Å². The maximum absolute atomic E-state index is 5.83. The Labute approximate surface area is 200 Å². The van der Waals surface area contributed by atoms with Gasteiger partial charge in [-0.3, -0.25) is 0 Å². The van der Waals surface area contributed by atoms with Crippen LogP contribution in [0.15, 0.2) is 48.8 Å². The molecule has 0 saturated heterocycles. The summed E-state index contributed by atoms with van der Waals surface area (Å²) in [4.78, 5) is 8.87. The SMILES string of the molecule is CCCCCC/C=C/COc1cnc(-c2ccc(OCCCCOCCCCC)cc2)nc1. The molecule has 2 aromatic rings. The molecule has 2 rings (SSSR count). The first-order chi connectivity index (χ1) is 16.3. The summed E-state index contributed by atoms with van der Waals surface area (Å²) in [6.07, 6.45) is 19.7. The molecule has 5 nitrogen and oxygen atoms in total. The summed E-state index contributed by atoms with van der Waals surface area (Å²) in [7, 11) is 0. The lowest BCUT2D eigenvalue weighted by Crippen LogP contribution is -2.02. The molecule has 182 valence electrons. The summed E-state index contributed by atoms with van der Waals surface area (Å²) < 4.78 is 17.2. The Balaban J connectivity index is 1.62. The van der Waals surface area contributed by atoms with Gasteiger partial charge in [0.05, 0.1) is 19.0 Å². The molecule has 1 heterocycles. The highest BCUT2D eigenvalue weighted by Crippen LogP contribution is 2.20. The number of allylic oxidation sites excluding steroid dienone is 1. The molecule has 0 unspecified atom stereocenters. The Morgan fingerprint density at radius 1 is 0.667 bits per heavy atom. The third-order valence-corrected chi connectivity index (χ3v) is 5.32. The van der Waals surface area contributed by atoms with Crippen molar-refractivity contribution < 1.29 is 14.2 Å². The fourth-order valence-electron chi connectivity index (χ4n) is 3.31. The summed E-state index contributed by atoms with van der Waals surface area (Å²) in [5.41, 5.74) is 0.960. The number of hydrogen-bond donors (Lipinski definition) is 0. The lowest BCUT2D eigenvalue weighted by atomic mass is 10.1. The summed E-state index contributed by atoms with van der Waals surface area (Å²) in [6, 6.07) is 7.91. The van der Waals surface area contributed by atoms with Gasteiger partial charge in [0.25, 0.3) is 0 Å². The van der Waals surface area contributed by atoms with E-state index in [0.29, 0.717) is 24.8 Å². The van der Waals surface area contributed by atoms with E-state index in [0.717, 1.165) is 50.2 Å². The quantitative estimate of drug-likeness (QED) is 0.163. The number of aromatic nitrogens is 2. The highest BCUT2D eigenvalue weighted by atomic mass is 16.5. The Kier molecular flexibility index (Phi) is 14.7. The standard InChI is InChI=1S/C28H42N2O3/c1-3-5-7-8-9-10-12-21-33-27-23-29-28(30-24-27)25-15-17-26(18-16-25)32-22-14-13-20-31-19-11-6-4-2/h10,12,15-18,23-24H,3-9,11,13-14,19-22H2,1-2H3/b12-10+. The van der Waals surface area contributed by atoms with E-state index in [1.165, 1.54) is 38.5 Å². The Morgan fingerprint density at radius 3 is 2.06 bits per heavy atom. The van der Waals surface area contributed by atoms with Crippen molar-refractivity contribution in [1.29, 1.82) is 0 Å². The van der Waals surface area contributed by atoms with E-state index in [1.807, 2.05) is 24.3 Å². The molecular formula is C28H42N2O3. The van der Waals surface area contributed by atoms with Gasteiger partial charge in [0.15, 0.2) is 11.6 Å². The highest BCUT2D eigenvalue weighted by molar-refractivity contribution is 5.56. The Bertz CT molecular complexity index is 745. The van der Waals surface area contributed by atoms with Crippen LogP contribution in [0.4, 0.5) is 0 Å². The van der Waals surface area contributed by atoms with Crippen molar-refractivity contribution in [1.82, 2.24) is 9.97 Å². The minimum absolute atomic E-state index is 0.549. The minimum atomic E-state index is 0.549. The van der Waals surface area contributed by atoms with Crippen LogP contribution in [0.2, 0.25) is 0 Å². The molecule has 5 heteroatoms. The molecule has 0 aliphatic carbocycles. The monoisotopic (exact) mass is 454 g/mol. The van der Waals surface area contributed by atoms with Crippen molar-refractivity contribution in [3.63, 3.8) is 0 Å². The second-order valence-electron chi connectivity index (χ2n) is 8.27. The number of benzene rings is 1. The van der Waals surface area contributed by atoms with Crippen LogP contribution >= 0.6 is 0 Å². The molecule has 0 bridgehead atoms. The second kappa shape index (κ2) is 18.1. The van der Waals surface area contributed by atoms with Gasteiger partial charge in [-0.15, -0.1) is 0 Å². The Hall–Kier alpha value is -2.40. The largest absolute Gasteiger partial charge is 0.494 e. The lowest BCUT2D eigenvalue weighted by molar-refractivity contribution is 0.123. The molecule has 0 fully saturated rings. The predicted octanol–water partition coefficient (Wildman–Crippen LogP) is 7.41. The molecule has 1 aromatic carbocycles. The van der Waals surface area contributed by atoms with Gasteiger partial charge in [-0.05, 0) is 56.4 Å². The van der Waals surface area contributed by atoms with Gasteiger partial charge in [0, 0.05) is 18.8 Å². The molecule has 33 heavy (non-hydrogen) atoms. The smallest absolute Gasteiger partial charge is 0.159 e. The highest BCUT2D eigenvalue weighted by Gasteiger charge is 2.03. The van der Waals surface area contributed by atoms with Gasteiger partial charge in [-0.1, -0.05) is 58.1 Å². The topological polar surface area (TPSA) is 53.5 Å². The molecule has 0 atom stereocenters. The summed E-state index contributed by atoms with van der Waals surface area (Å²) >= 11 is 0. The number of hydrogen-bond acceptors (Lipinski definition) is 5. The van der Waals surface area contributed by atoms with Crippen molar-refractivity contribution >= 4 is 0 Å². The summed E-state index contributed by atoms with van der Waals surface area (Å²) in [6.45, 7) is 7.38. The molecular weight excluding hydrogens is 412 g/mol. The number of rotatable bonds is 19. The summed E-state index contributed by atoms with van der Waals surface area (Å²) in [5, 5.41) is 0. The molecule has 1 aromatic heterocycles. The van der Waals surface area contributed by atoms with Gasteiger partial charge in [0.2, 0.25) is 0 Å². The normalized spacial score (nSPS) is 11.2. The van der Waals surface area contributed by atoms with Crippen LogP contribution in [-0.4, -0.2) is 36.4 Å². The van der Waals surface area contributed by atoms with E-state index in [1.54, 1.807) is 12.4 Å². The van der Waals surface area contributed by atoms with E-state index in [2.05, 4.69) is 36.0 Å². The zero-order valence-corrected chi connectivity index (χ0v) is 20.6. The van der Waals surface area contributed by atoms with Crippen molar-refractivity contribution in [2.45, 2.75) is 78.1 Å². The third-order valence-electron chi connectivity index (χ3n) is 5.32. The van der Waals surface area contributed by atoms with E-state index < -0.39 is 0 Å². The van der Waals surface area contributed by atoms with E-state index in [-0.39, 0.29) is 0 Å². The zero-order valence-electron chi connectivity index (χ0n) is 20.6. The molecule has 0 aliphatic heterocycles. The third kappa shape index (κ3) is 12.4. The maximum atomic E-state index is 5.83. The molecule has 0 N–H and O–H groups in total. The van der Waals surface area contributed by atoms with Crippen LogP contribution in [-0.2, 0) is 4.74 Å². The zero-order chi connectivity index (χ0) is 23.4. The lowest BCUT2D eigenvalue weighted by Gasteiger charge is -2.08. The van der Waals surface area contributed by atoms with Crippen LogP contribution < -0.4 is 9.47 Å². The van der Waals surface area contributed by atoms with Crippen molar-refractivity contribution in [3.8, 4) is 22.9 Å². The van der Waals surface area contributed by atoms with Crippen LogP contribution in [0.5, 0.6) is 11.5 Å². The summed E-state index contributed by atoms with van der Waals surface area (Å²) in [5.74, 6) is 2.23. The molecule has 0 amide bonds. The molecule has 0 radical (unpaired) electrons. The second-order valence-corrected chi connectivity index (χ2v) is 8.27. The van der Waals surface area contributed by atoms with E-state index >= 15 is 0 Å². The van der Waals surface area contributed by atoms with Crippen molar-refractivity contribution in [3.05, 3.63) is 48.8 Å². The predicted molar refractivity (Wildman–Crippen MR) is 136 cm³/mol. The van der Waals surface area contributed by atoms with Crippen molar-refractivity contribution in [2.24, 2.45) is 0 Å². The number of nitrogens with zero attached hydrogens (tertiary/aromatic N) is 2. The number of unbranched alkanes of at least 4 members (excludes halogenated alkanes) is 7. The van der Waals surface area contributed by atoms with Crippen LogP contribution in [0.3, 0.4) is 0 Å². The Morgan fingerprint density at radius 2 is 1.33 bits per heavy atom. The first-order valence-electron chi connectivity index (χ1n) is 12.7. The van der Waals surface area contributed by atoms with E-state index in [4.69, 9.17) is 14.2 Å². The van der Waals surface area contributed by atoms with Gasteiger partial charge in [-0.25, -0.2) is 9.97 Å². The van der Waals surface area contributed by atoms with Gasteiger partial charge < -0.3 is 14.2 Å². The first-order valence-corrected chi connectivity index (χ1v) is 12.7. The molecule has 0 saturated carbocycles. The molecule has 0 aliphatic rings. The van der Waals surface area contributed by atoms with E-state index in [9.17, 15) is 0 Å². The number of ether oxygens (including phenoxy) is 3. The minimum Gasteiger partial charge on any atom is -0.494 e.